The second-order valence-corrected chi connectivity index (χ2v) is 7.54. The van der Waals surface area contributed by atoms with Crippen molar-refractivity contribution < 1.29 is 28.7 Å². The van der Waals surface area contributed by atoms with Crippen LogP contribution in [0, 0.1) is 0 Å². The average Bonchev–Trinajstić information content (AvgIpc) is 2.81. The molecule has 1 saturated carbocycles. The molecule has 2 saturated heterocycles. The molecule has 0 bridgehead atoms. The molecule has 0 unspecified atom stereocenters. The van der Waals surface area contributed by atoms with E-state index < -0.39 is 36.0 Å². The third kappa shape index (κ3) is 4.42. The molecule has 1 spiro atoms. The van der Waals surface area contributed by atoms with E-state index in [-0.39, 0.29) is 12.5 Å². The number of likely N-dealkylation sites (tertiary alicyclic amines) is 1. The summed E-state index contributed by atoms with van der Waals surface area (Å²) in [7, 11) is 0. The maximum Gasteiger partial charge on any atom is 0.344 e. The summed E-state index contributed by atoms with van der Waals surface area (Å²) in [6.07, 6.45) is 6.74. The largest absolute Gasteiger partial charge is 0.454 e. The predicted octanol–water partition coefficient (Wildman–Crippen LogP) is 0.218. The Labute approximate surface area is 162 Å². The van der Waals surface area contributed by atoms with E-state index in [4.69, 9.17) is 4.74 Å². The molecular formula is C18H26N4O6. The van der Waals surface area contributed by atoms with Gasteiger partial charge in [-0.1, -0.05) is 25.7 Å². The Balaban J connectivity index is 1.46. The minimum absolute atomic E-state index is 0.101. The number of rotatable bonds is 5. The smallest absolute Gasteiger partial charge is 0.344 e. The average molecular weight is 394 g/mol. The number of nitrogens with one attached hydrogen (secondary N) is 2. The molecule has 5 amide bonds. The van der Waals surface area contributed by atoms with Gasteiger partial charge in [-0.3, -0.25) is 24.6 Å². The molecule has 0 aromatic rings. The van der Waals surface area contributed by atoms with Crippen LogP contribution in [-0.2, 0) is 23.9 Å². The Morgan fingerprint density at radius 1 is 1.04 bits per heavy atom. The van der Waals surface area contributed by atoms with Crippen molar-refractivity contribution in [2.75, 3.05) is 19.7 Å². The van der Waals surface area contributed by atoms with Crippen molar-refractivity contribution in [3.63, 3.8) is 0 Å². The molecule has 0 aromatic carbocycles. The molecule has 0 radical (unpaired) electrons. The SMILES string of the molecule is O=C(COC(=O)CN1CCCCCC1=O)NN1C(=O)NC2(CCCCC2)C1=O. The third-order valence-electron chi connectivity index (χ3n) is 5.46. The van der Waals surface area contributed by atoms with E-state index in [0.29, 0.717) is 30.8 Å². The monoisotopic (exact) mass is 394 g/mol. The summed E-state index contributed by atoms with van der Waals surface area (Å²) in [6, 6.07) is -0.679. The Hall–Kier alpha value is -2.65. The fourth-order valence-corrected chi connectivity index (χ4v) is 3.93. The van der Waals surface area contributed by atoms with Gasteiger partial charge in [-0.2, -0.15) is 5.01 Å². The highest BCUT2D eigenvalue weighted by molar-refractivity contribution is 6.08. The van der Waals surface area contributed by atoms with E-state index in [2.05, 4.69) is 10.7 Å². The van der Waals surface area contributed by atoms with Crippen molar-refractivity contribution >= 4 is 29.7 Å². The summed E-state index contributed by atoms with van der Waals surface area (Å²) in [5, 5.41) is 3.34. The number of carbonyl (C=O) groups is 5. The lowest BCUT2D eigenvalue weighted by molar-refractivity contribution is -0.153. The molecule has 3 aliphatic rings. The molecule has 2 heterocycles. The number of esters is 1. The molecule has 0 aromatic heterocycles. The number of ether oxygens (including phenoxy) is 1. The van der Waals surface area contributed by atoms with Gasteiger partial charge >= 0.3 is 12.0 Å². The molecule has 28 heavy (non-hydrogen) atoms. The number of imide groups is 1. The standard InChI is InChI=1S/C18H26N4O6/c23-13(12-28-15(25)11-21-10-6-1-3-7-14(21)24)20-22-16(26)18(19-17(22)27)8-4-2-5-9-18/h1-12H2,(H,19,27)(H,20,23). The molecule has 10 heteroatoms. The van der Waals surface area contributed by atoms with Gasteiger partial charge in [-0.15, -0.1) is 0 Å². The van der Waals surface area contributed by atoms with Crippen molar-refractivity contribution in [2.24, 2.45) is 0 Å². The van der Waals surface area contributed by atoms with E-state index in [9.17, 15) is 24.0 Å². The zero-order chi connectivity index (χ0) is 20.1. The van der Waals surface area contributed by atoms with E-state index in [0.717, 1.165) is 38.5 Å². The Morgan fingerprint density at radius 2 is 1.75 bits per heavy atom. The summed E-state index contributed by atoms with van der Waals surface area (Å²) < 4.78 is 4.90. The first kappa shape index (κ1) is 20.1. The molecule has 154 valence electrons. The van der Waals surface area contributed by atoms with Crippen LogP contribution in [0.2, 0.25) is 0 Å². The van der Waals surface area contributed by atoms with Crippen molar-refractivity contribution in [3.8, 4) is 0 Å². The highest BCUT2D eigenvalue weighted by Gasteiger charge is 2.52. The van der Waals surface area contributed by atoms with Gasteiger partial charge in [-0.05, 0) is 25.7 Å². The number of urea groups is 1. The summed E-state index contributed by atoms with van der Waals surface area (Å²) in [5.74, 6) is -2.07. The van der Waals surface area contributed by atoms with Crippen LogP contribution in [0.15, 0.2) is 0 Å². The molecule has 3 rings (SSSR count). The normalized spacial score (nSPS) is 22.1. The lowest BCUT2D eigenvalue weighted by Gasteiger charge is -2.30. The third-order valence-corrected chi connectivity index (χ3v) is 5.46. The van der Waals surface area contributed by atoms with Crippen LogP contribution in [0.1, 0.15) is 57.8 Å². The van der Waals surface area contributed by atoms with Crippen molar-refractivity contribution in [1.82, 2.24) is 20.7 Å². The molecule has 2 N–H and O–H groups in total. The van der Waals surface area contributed by atoms with Crippen LogP contribution in [0.5, 0.6) is 0 Å². The van der Waals surface area contributed by atoms with Gasteiger partial charge in [0.25, 0.3) is 11.8 Å². The molecular weight excluding hydrogens is 368 g/mol. The minimum Gasteiger partial charge on any atom is -0.454 e. The highest BCUT2D eigenvalue weighted by atomic mass is 16.5. The fourth-order valence-electron chi connectivity index (χ4n) is 3.93. The molecule has 10 nitrogen and oxygen atoms in total. The van der Waals surface area contributed by atoms with Crippen LogP contribution in [-0.4, -0.2) is 64.9 Å². The first-order valence-electron chi connectivity index (χ1n) is 9.81. The number of hydrogen-bond donors (Lipinski definition) is 2. The maximum absolute atomic E-state index is 12.6. The minimum atomic E-state index is -0.938. The Kier molecular flexibility index (Phi) is 6.15. The van der Waals surface area contributed by atoms with E-state index >= 15 is 0 Å². The van der Waals surface area contributed by atoms with Crippen LogP contribution < -0.4 is 10.7 Å². The molecule has 3 fully saturated rings. The molecule has 2 aliphatic heterocycles. The Bertz CT molecular complexity index is 673. The second-order valence-electron chi connectivity index (χ2n) is 7.54. The zero-order valence-corrected chi connectivity index (χ0v) is 15.8. The summed E-state index contributed by atoms with van der Waals surface area (Å²) in [6.45, 7) is -0.353. The van der Waals surface area contributed by atoms with Gasteiger partial charge in [0.15, 0.2) is 6.61 Å². The number of nitrogens with zero attached hydrogens (tertiary/aromatic N) is 2. The lowest BCUT2D eigenvalue weighted by atomic mass is 9.82. The van der Waals surface area contributed by atoms with Crippen molar-refractivity contribution in [2.45, 2.75) is 63.3 Å². The fraction of sp³-hybridized carbons (Fsp3) is 0.722. The summed E-state index contributed by atoms with van der Waals surface area (Å²) >= 11 is 0. The van der Waals surface area contributed by atoms with Crippen molar-refractivity contribution in [1.29, 1.82) is 0 Å². The van der Waals surface area contributed by atoms with E-state index in [1.54, 1.807) is 0 Å². The number of hydrazine groups is 1. The van der Waals surface area contributed by atoms with E-state index in [1.165, 1.54) is 4.90 Å². The molecule has 0 atom stereocenters. The van der Waals surface area contributed by atoms with Crippen LogP contribution >= 0.6 is 0 Å². The van der Waals surface area contributed by atoms with Crippen LogP contribution in [0.3, 0.4) is 0 Å². The first-order chi connectivity index (χ1) is 13.4. The first-order valence-corrected chi connectivity index (χ1v) is 9.81. The topological polar surface area (TPSA) is 125 Å². The number of carbonyl (C=O) groups excluding carboxylic acids is 5. The van der Waals surface area contributed by atoms with Crippen molar-refractivity contribution in [3.05, 3.63) is 0 Å². The molecule has 1 aliphatic carbocycles. The summed E-state index contributed by atoms with van der Waals surface area (Å²) in [5.41, 5.74) is 1.26. The van der Waals surface area contributed by atoms with Crippen LogP contribution in [0.4, 0.5) is 4.79 Å². The zero-order valence-electron chi connectivity index (χ0n) is 15.8. The Morgan fingerprint density at radius 3 is 2.50 bits per heavy atom. The second kappa shape index (κ2) is 8.57. The van der Waals surface area contributed by atoms with Gasteiger partial charge in [0.1, 0.15) is 12.1 Å². The summed E-state index contributed by atoms with van der Waals surface area (Å²) in [4.78, 5) is 61.9. The lowest BCUT2D eigenvalue weighted by Crippen LogP contribution is -2.51. The van der Waals surface area contributed by atoms with Gasteiger partial charge in [0.2, 0.25) is 5.91 Å². The van der Waals surface area contributed by atoms with E-state index in [1.807, 2.05) is 0 Å². The predicted molar refractivity (Wildman–Crippen MR) is 95.3 cm³/mol. The number of hydrogen-bond acceptors (Lipinski definition) is 6. The van der Waals surface area contributed by atoms with Crippen LogP contribution in [0.25, 0.3) is 0 Å². The van der Waals surface area contributed by atoms with Gasteiger partial charge in [0, 0.05) is 13.0 Å². The van der Waals surface area contributed by atoms with Gasteiger partial charge < -0.3 is 15.0 Å². The van der Waals surface area contributed by atoms with Gasteiger partial charge in [0.05, 0.1) is 0 Å². The quantitative estimate of drug-likeness (QED) is 0.508. The van der Waals surface area contributed by atoms with Gasteiger partial charge in [-0.25, -0.2) is 4.79 Å². The number of amides is 5. The maximum atomic E-state index is 12.6. The highest BCUT2D eigenvalue weighted by Crippen LogP contribution is 2.32.